The minimum atomic E-state index is -1.01. The van der Waals surface area contributed by atoms with Crippen molar-refractivity contribution in [1.29, 1.82) is 0 Å². The molecule has 9 nitrogen and oxygen atoms in total. The number of aliphatic hydroxyl groups is 4. The minimum Gasteiger partial charge on any atom is -0.392 e. The number of nitrogens with zero attached hydrogens (tertiary/aromatic N) is 2. The Morgan fingerprint density at radius 1 is 0.268 bits per heavy atom. The van der Waals surface area contributed by atoms with Gasteiger partial charge in [0.05, 0.1) is 24.4 Å². The second kappa shape index (κ2) is 64.9. The Bertz CT molecular complexity index is 1180. The minimum absolute atomic E-state index is 0.293. The van der Waals surface area contributed by atoms with E-state index < -0.39 is 40.4 Å². The summed E-state index contributed by atoms with van der Waals surface area (Å²) in [6, 6.07) is 0. The summed E-state index contributed by atoms with van der Waals surface area (Å²) in [6.07, 6.45) is 61.5. The molecule has 0 aliphatic carbocycles. The van der Waals surface area contributed by atoms with Crippen LogP contribution in [0.15, 0.2) is 0 Å². The van der Waals surface area contributed by atoms with Crippen LogP contribution in [-0.4, -0.2) is 121 Å². The quantitative estimate of drug-likeness (QED) is 0.0263. The maximum Gasteiger partial charge on any atom is 0.286 e. The van der Waals surface area contributed by atoms with Crippen LogP contribution in [0.3, 0.4) is 0 Å². The predicted octanol–water partition coefficient (Wildman–Crippen LogP) is 19.5. The number of carbonyl (C=O) groups excluding carboxylic acids is 3. The van der Waals surface area contributed by atoms with Crippen molar-refractivity contribution in [1.82, 2.24) is 9.80 Å². The maximum atomic E-state index is 13.2. The van der Waals surface area contributed by atoms with Crippen LogP contribution in [0.4, 0.5) is 0 Å². The van der Waals surface area contributed by atoms with Crippen molar-refractivity contribution in [3.05, 3.63) is 0 Å². The first kappa shape index (κ1) is 81.5. The molecular formula is C71H140N2O7S2. The van der Waals surface area contributed by atoms with Gasteiger partial charge in [-0.05, 0) is 25.7 Å². The van der Waals surface area contributed by atoms with E-state index >= 15 is 0 Å². The zero-order chi connectivity index (χ0) is 60.0. The summed E-state index contributed by atoms with van der Waals surface area (Å²) in [5.41, 5.74) is 0. The van der Waals surface area contributed by atoms with Gasteiger partial charge < -0.3 is 20.4 Å². The lowest BCUT2D eigenvalue weighted by atomic mass is 10.0. The molecule has 0 radical (unpaired) electrons. The fraction of sp³-hybridized carbons (Fsp3) is 0.958. The van der Waals surface area contributed by atoms with Gasteiger partial charge in [-0.1, -0.05) is 359 Å². The number of thioether (sulfide) groups is 2. The molecule has 0 aromatic rings. The molecule has 0 fully saturated rings. The first-order chi connectivity index (χ1) is 40.1. The van der Waals surface area contributed by atoms with Crippen molar-refractivity contribution in [2.45, 2.75) is 386 Å². The molecule has 82 heavy (non-hydrogen) atoms. The molecule has 0 aromatic carbocycles. The van der Waals surface area contributed by atoms with Crippen LogP contribution in [0.25, 0.3) is 0 Å². The van der Waals surface area contributed by atoms with Gasteiger partial charge in [0.15, 0.2) is 0 Å². The number of hydrogen-bond donors (Lipinski definition) is 4. The summed E-state index contributed by atoms with van der Waals surface area (Å²) in [5.74, 6) is -0.423. The molecule has 11 heteroatoms. The highest BCUT2D eigenvalue weighted by Crippen LogP contribution is 2.20. The van der Waals surface area contributed by atoms with Crippen molar-refractivity contribution in [3.8, 4) is 0 Å². The predicted molar refractivity (Wildman–Crippen MR) is 360 cm³/mol. The summed E-state index contributed by atoms with van der Waals surface area (Å²) in [6.45, 7) is 11.5. The number of carbonyl (C=O) groups is 3. The molecule has 4 atom stereocenters. The Balaban J connectivity index is 5.17. The topological polar surface area (TPSA) is 139 Å². The van der Waals surface area contributed by atoms with Crippen LogP contribution >= 0.6 is 23.5 Å². The second-order valence-electron chi connectivity index (χ2n) is 25.4. The molecule has 4 unspecified atom stereocenters. The third kappa shape index (κ3) is 58.5. The molecule has 0 saturated heterocycles. The van der Waals surface area contributed by atoms with Crippen molar-refractivity contribution < 1.29 is 34.8 Å². The zero-order valence-corrected chi connectivity index (χ0v) is 56.6. The molecule has 0 rings (SSSR count). The third-order valence-electron chi connectivity index (χ3n) is 17.1. The Hall–Kier alpha value is -0.530. The molecule has 4 N–H and O–H groups in total. The fourth-order valence-electron chi connectivity index (χ4n) is 11.7. The Morgan fingerprint density at radius 3 is 0.598 bits per heavy atom. The van der Waals surface area contributed by atoms with Gasteiger partial charge in [0.1, 0.15) is 0 Å². The Kier molecular flexibility index (Phi) is 64.5. The average Bonchev–Trinajstić information content (AvgIpc) is 3.47. The van der Waals surface area contributed by atoms with Gasteiger partial charge in [-0.25, -0.2) is 0 Å². The number of unbranched alkanes of at least 4 members (excludes halogenated alkanes) is 44. The van der Waals surface area contributed by atoms with Crippen molar-refractivity contribution in [3.63, 3.8) is 0 Å². The van der Waals surface area contributed by atoms with Gasteiger partial charge in [0.2, 0.25) is 0 Å². The fourth-order valence-corrected chi connectivity index (χ4v) is 13.3. The zero-order valence-electron chi connectivity index (χ0n) is 55.0. The van der Waals surface area contributed by atoms with Gasteiger partial charge in [-0.2, -0.15) is 0 Å². The van der Waals surface area contributed by atoms with E-state index in [2.05, 4.69) is 27.7 Å². The van der Waals surface area contributed by atoms with Crippen LogP contribution in [0.1, 0.15) is 362 Å². The number of Topliss-reactive ketones (excluding diaryl/α,β-unsaturated/α-hetero) is 1. The van der Waals surface area contributed by atoms with E-state index in [1.807, 2.05) is 9.80 Å². The van der Waals surface area contributed by atoms with Gasteiger partial charge in [0, 0.05) is 50.8 Å². The van der Waals surface area contributed by atoms with E-state index in [-0.39, 0.29) is 0 Å². The lowest BCUT2D eigenvalue weighted by Gasteiger charge is -2.27. The summed E-state index contributed by atoms with van der Waals surface area (Å²) in [5, 5.41) is 43.1. The van der Waals surface area contributed by atoms with E-state index in [0.717, 1.165) is 74.9 Å². The average molecular weight is 1200 g/mol. The largest absolute Gasteiger partial charge is 0.392 e. The highest BCUT2D eigenvalue weighted by molar-refractivity contribution is 8.19. The van der Waals surface area contributed by atoms with E-state index in [4.69, 9.17) is 0 Å². The first-order valence-electron chi connectivity index (χ1n) is 36.1. The SMILES string of the molecule is CCCCCCCCCCCCCCC(O)CN(CCSC(=O)C(=O)C(=O)SCCN(CC(O)CCCCCCCCCCCCCC)CC(O)CCCCCCCCCCCCCC)CC(O)CCCCCCCCCCCCCC. The maximum absolute atomic E-state index is 13.2. The summed E-state index contributed by atoms with van der Waals surface area (Å²) >= 11 is 1.72. The highest BCUT2D eigenvalue weighted by Gasteiger charge is 2.25. The van der Waals surface area contributed by atoms with E-state index in [1.165, 1.54) is 257 Å². The third-order valence-corrected chi connectivity index (χ3v) is 18.8. The van der Waals surface area contributed by atoms with Crippen LogP contribution in [0.5, 0.6) is 0 Å². The Labute approximate surface area is 518 Å². The van der Waals surface area contributed by atoms with Crippen LogP contribution < -0.4 is 0 Å². The van der Waals surface area contributed by atoms with Gasteiger partial charge in [0.25, 0.3) is 16.0 Å². The van der Waals surface area contributed by atoms with Gasteiger partial charge >= 0.3 is 0 Å². The van der Waals surface area contributed by atoms with Crippen molar-refractivity contribution in [2.24, 2.45) is 0 Å². The second-order valence-corrected chi connectivity index (χ2v) is 27.6. The van der Waals surface area contributed by atoms with Crippen molar-refractivity contribution >= 4 is 39.5 Å². The Morgan fingerprint density at radius 2 is 0.427 bits per heavy atom. The number of hydrogen-bond acceptors (Lipinski definition) is 11. The molecule has 0 heterocycles. The van der Waals surface area contributed by atoms with Gasteiger partial charge in [-0.15, -0.1) is 0 Å². The van der Waals surface area contributed by atoms with E-state index in [9.17, 15) is 34.8 Å². The van der Waals surface area contributed by atoms with Gasteiger partial charge in [-0.3, -0.25) is 24.2 Å². The lowest BCUT2D eigenvalue weighted by molar-refractivity contribution is -0.137. The lowest BCUT2D eigenvalue weighted by Crippen LogP contribution is -2.40. The summed E-state index contributed by atoms with van der Waals surface area (Å²) in [4.78, 5) is 43.6. The van der Waals surface area contributed by atoms with Crippen molar-refractivity contribution in [2.75, 3.05) is 50.8 Å². The molecule has 488 valence electrons. The van der Waals surface area contributed by atoms with E-state index in [0.29, 0.717) is 76.5 Å². The summed E-state index contributed by atoms with van der Waals surface area (Å²) < 4.78 is 0. The van der Waals surface area contributed by atoms with Crippen LogP contribution in [-0.2, 0) is 14.4 Å². The molecule has 0 amide bonds. The molecule has 0 aromatic heterocycles. The molecule has 0 aliphatic rings. The molecule has 0 spiro atoms. The normalized spacial score (nSPS) is 13.4. The molecule has 0 saturated carbocycles. The van der Waals surface area contributed by atoms with E-state index in [1.54, 1.807) is 0 Å². The standard InChI is InChI=1S/C71H140N2O7S2/c1-5-9-13-17-21-25-29-33-37-41-45-49-53-65(74)61-72(62-66(75)54-50-46-42-38-34-30-26-22-18-14-10-6-2)57-59-81-70(79)69(78)71(80)82-60-58-73(63-67(76)55-51-47-43-39-35-31-27-23-19-15-11-7-3)64-68(77)56-52-48-44-40-36-32-28-24-20-16-12-8-4/h65-68,74-77H,5-64H2,1-4H3. The molecule has 0 bridgehead atoms. The number of rotatable bonds is 68. The van der Waals surface area contributed by atoms with Crippen LogP contribution in [0, 0.1) is 0 Å². The monoisotopic (exact) mass is 1200 g/mol. The summed E-state index contributed by atoms with van der Waals surface area (Å²) in [7, 11) is 0. The highest BCUT2D eigenvalue weighted by atomic mass is 32.2. The number of ketones is 1. The molecule has 0 aliphatic heterocycles. The smallest absolute Gasteiger partial charge is 0.286 e. The number of aliphatic hydroxyl groups excluding tert-OH is 4. The van der Waals surface area contributed by atoms with Crippen LogP contribution in [0.2, 0.25) is 0 Å². The first-order valence-corrected chi connectivity index (χ1v) is 38.1. The molecular weight excluding hydrogens is 1060 g/mol.